The molecule has 0 saturated heterocycles. The Kier molecular flexibility index (Phi) is 4.79. The van der Waals surface area contributed by atoms with Gasteiger partial charge in [0.1, 0.15) is 5.75 Å². The summed E-state index contributed by atoms with van der Waals surface area (Å²) in [6.07, 6.45) is 1.09. The van der Waals surface area contributed by atoms with Gasteiger partial charge in [-0.3, -0.25) is 4.98 Å². The second-order valence-electron chi connectivity index (χ2n) is 5.13. The first-order valence-corrected chi connectivity index (χ1v) is 8.08. The molecule has 0 spiro atoms. The van der Waals surface area contributed by atoms with Gasteiger partial charge in [0.05, 0.1) is 18.7 Å². The molecule has 1 atom stereocenters. The monoisotopic (exact) mass is 372 g/mol. The Morgan fingerprint density at radius 2 is 2.00 bits per heavy atom. The molecule has 0 bridgehead atoms. The Morgan fingerprint density at radius 3 is 2.83 bits per heavy atom. The molecule has 1 aromatic heterocycles. The van der Waals surface area contributed by atoms with Crippen molar-refractivity contribution < 1.29 is 9.84 Å². The van der Waals surface area contributed by atoms with Gasteiger partial charge in [-0.15, -0.1) is 0 Å². The van der Waals surface area contributed by atoms with E-state index in [0.29, 0.717) is 12.3 Å². The molecule has 0 fully saturated rings. The zero-order valence-corrected chi connectivity index (χ0v) is 14.2. The molecule has 3 aromatic rings. The number of hydrogen-bond donors (Lipinski definition) is 2. The van der Waals surface area contributed by atoms with E-state index < -0.39 is 6.10 Å². The van der Waals surface area contributed by atoms with Gasteiger partial charge >= 0.3 is 0 Å². The fourth-order valence-electron chi connectivity index (χ4n) is 2.55. The minimum Gasteiger partial charge on any atom is -0.496 e. The van der Waals surface area contributed by atoms with Crippen molar-refractivity contribution in [3.63, 3.8) is 0 Å². The van der Waals surface area contributed by atoms with Crippen LogP contribution in [0.2, 0.25) is 0 Å². The van der Waals surface area contributed by atoms with Crippen molar-refractivity contribution in [2.45, 2.75) is 6.10 Å². The van der Waals surface area contributed by atoms with Crippen molar-refractivity contribution in [3.05, 3.63) is 64.8 Å². The van der Waals surface area contributed by atoms with Crippen molar-refractivity contribution in [2.75, 3.05) is 19.0 Å². The van der Waals surface area contributed by atoms with Crippen LogP contribution in [0.3, 0.4) is 0 Å². The Morgan fingerprint density at radius 1 is 1.17 bits per heavy atom. The number of fused-ring (bicyclic) bond motifs is 1. The molecule has 118 valence electrons. The van der Waals surface area contributed by atoms with Crippen molar-refractivity contribution in [1.29, 1.82) is 0 Å². The van der Waals surface area contributed by atoms with Crippen LogP contribution < -0.4 is 10.1 Å². The number of methoxy groups -OCH3 is 1. The van der Waals surface area contributed by atoms with Crippen LogP contribution in [0.25, 0.3) is 10.9 Å². The topological polar surface area (TPSA) is 54.4 Å². The van der Waals surface area contributed by atoms with Crippen molar-refractivity contribution in [2.24, 2.45) is 0 Å². The highest BCUT2D eigenvalue weighted by molar-refractivity contribution is 9.10. The predicted octanol–water partition coefficient (Wildman–Crippen LogP) is 4.15. The minimum absolute atomic E-state index is 0.381. The van der Waals surface area contributed by atoms with Gasteiger partial charge < -0.3 is 15.2 Å². The number of benzene rings is 2. The van der Waals surface area contributed by atoms with E-state index in [-0.39, 0.29) is 0 Å². The van der Waals surface area contributed by atoms with E-state index in [4.69, 9.17) is 4.74 Å². The van der Waals surface area contributed by atoms with Gasteiger partial charge in [-0.25, -0.2) is 0 Å². The van der Waals surface area contributed by atoms with E-state index >= 15 is 0 Å². The van der Waals surface area contributed by atoms with Crippen LogP contribution in [-0.4, -0.2) is 23.7 Å². The lowest BCUT2D eigenvalue weighted by molar-refractivity contribution is 0.187. The van der Waals surface area contributed by atoms with Gasteiger partial charge in [0.25, 0.3) is 0 Å². The Balaban J connectivity index is 1.82. The zero-order chi connectivity index (χ0) is 16.2. The van der Waals surface area contributed by atoms with Crippen molar-refractivity contribution in [1.82, 2.24) is 4.98 Å². The maximum atomic E-state index is 10.5. The third kappa shape index (κ3) is 3.30. The number of rotatable bonds is 5. The van der Waals surface area contributed by atoms with Crippen LogP contribution in [0, 0.1) is 0 Å². The molecule has 0 saturated carbocycles. The summed E-state index contributed by atoms with van der Waals surface area (Å²) < 4.78 is 6.25. The molecule has 0 aliphatic carbocycles. The summed E-state index contributed by atoms with van der Waals surface area (Å²) in [5.74, 6) is 0.684. The Labute approximate surface area is 143 Å². The maximum absolute atomic E-state index is 10.5. The van der Waals surface area contributed by atoms with Crippen LogP contribution in [0.15, 0.2) is 59.2 Å². The second-order valence-corrected chi connectivity index (χ2v) is 5.99. The summed E-state index contributed by atoms with van der Waals surface area (Å²) in [5.41, 5.74) is 2.59. The largest absolute Gasteiger partial charge is 0.496 e. The number of aliphatic hydroxyl groups excluding tert-OH is 1. The molecule has 2 N–H and O–H groups in total. The summed E-state index contributed by atoms with van der Waals surface area (Å²) in [5, 5.41) is 14.8. The fourth-order valence-corrected chi connectivity index (χ4v) is 3.02. The molecule has 1 unspecified atom stereocenters. The lowest BCUT2D eigenvalue weighted by atomic mass is 10.1. The highest BCUT2D eigenvalue weighted by Crippen LogP contribution is 2.29. The predicted molar refractivity (Wildman–Crippen MR) is 95.9 cm³/mol. The molecule has 4 nitrogen and oxygen atoms in total. The van der Waals surface area contributed by atoms with Gasteiger partial charge in [-0.1, -0.05) is 30.3 Å². The SMILES string of the molecule is COc1ccccc1C(O)CNc1ccnc2c(Br)cccc12. The number of ether oxygens (including phenoxy) is 1. The normalized spacial score (nSPS) is 12.1. The molecule has 0 aliphatic heterocycles. The van der Waals surface area contributed by atoms with Crippen LogP contribution in [0.5, 0.6) is 5.75 Å². The summed E-state index contributed by atoms with van der Waals surface area (Å²) in [4.78, 5) is 4.38. The average molecular weight is 373 g/mol. The number of pyridine rings is 1. The zero-order valence-electron chi connectivity index (χ0n) is 12.7. The number of para-hydroxylation sites is 2. The smallest absolute Gasteiger partial charge is 0.124 e. The number of nitrogens with one attached hydrogen (secondary N) is 1. The Bertz CT molecular complexity index is 823. The molecular weight excluding hydrogens is 356 g/mol. The van der Waals surface area contributed by atoms with Crippen molar-refractivity contribution >= 4 is 32.5 Å². The van der Waals surface area contributed by atoms with Gasteiger partial charge in [-0.2, -0.15) is 0 Å². The van der Waals surface area contributed by atoms with Crippen LogP contribution in [-0.2, 0) is 0 Å². The number of aliphatic hydroxyl groups is 1. The lowest BCUT2D eigenvalue weighted by Crippen LogP contribution is -2.13. The lowest BCUT2D eigenvalue weighted by Gasteiger charge is -2.17. The number of hydrogen-bond acceptors (Lipinski definition) is 4. The molecule has 2 aromatic carbocycles. The van der Waals surface area contributed by atoms with Crippen LogP contribution in [0.1, 0.15) is 11.7 Å². The average Bonchev–Trinajstić information content (AvgIpc) is 2.60. The first-order chi connectivity index (χ1) is 11.2. The number of nitrogens with zero attached hydrogens (tertiary/aromatic N) is 1. The molecule has 0 aliphatic rings. The van der Waals surface area contributed by atoms with Gasteiger partial charge in [0.2, 0.25) is 0 Å². The number of aromatic nitrogens is 1. The van der Waals surface area contributed by atoms with Crippen molar-refractivity contribution in [3.8, 4) is 5.75 Å². The van der Waals surface area contributed by atoms with E-state index in [1.54, 1.807) is 13.3 Å². The van der Waals surface area contributed by atoms with E-state index in [2.05, 4.69) is 26.2 Å². The first kappa shape index (κ1) is 15.8. The quantitative estimate of drug-likeness (QED) is 0.706. The molecule has 1 heterocycles. The summed E-state index contributed by atoms with van der Waals surface area (Å²) in [7, 11) is 1.60. The first-order valence-electron chi connectivity index (χ1n) is 7.29. The standard InChI is InChI=1S/C18H17BrN2O2/c1-23-17-8-3-2-5-13(17)16(22)11-21-15-9-10-20-18-12(15)6-4-7-14(18)19/h2-10,16,22H,11H2,1H3,(H,20,21). The molecule has 3 rings (SSSR count). The molecule has 5 heteroatoms. The highest BCUT2D eigenvalue weighted by atomic mass is 79.9. The van der Waals surface area contributed by atoms with E-state index in [9.17, 15) is 5.11 Å². The third-order valence-electron chi connectivity index (χ3n) is 3.71. The van der Waals surface area contributed by atoms with E-state index in [1.807, 2.05) is 48.5 Å². The maximum Gasteiger partial charge on any atom is 0.124 e. The highest BCUT2D eigenvalue weighted by Gasteiger charge is 2.13. The molecular formula is C18H17BrN2O2. The molecule has 0 amide bonds. The molecule has 23 heavy (non-hydrogen) atoms. The van der Waals surface area contributed by atoms with Crippen LogP contribution in [0.4, 0.5) is 5.69 Å². The van der Waals surface area contributed by atoms with Crippen LogP contribution >= 0.6 is 15.9 Å². The summed E-state index contributed by atoms with van der Waals surface area (Å²) in [6, 6.07) is 15.3. The number of anilines is 1. The van der Waals surface area contributed by atoms with E-state index in [0.717, 1.165) is 26.6 Å². The molecule has 0 radical (unpaired) electrons. The minimum atomic E-state index is -0.665. The van der Waals surface area contributed by atoms with E-state index in [1.165, 1.54) is 0 Å². The van der Waals surface area contributed by atoms with Gasteiger partial charge in [0, 0.05) is 33.9 Å². The third-order valence-corrected chi connectivity index (χ3v) is 4.35. The second kappa shape index (κ2) is 6.98. The summed E-state index contributed by atoms with van der Waals surface area (Å²) in [6.45, 7) is 0.381. The summed E-state index contributed by atoms with van der Waals surface area (Å²) >= 11 is 3.51. The van der Waals surface area contributed by atoms with Gasteiger partial charge in [0.15, 0.2) is 0 Å². The number of halogens is 1. The Hall–Kier alpha value is -2.11. The van der Waals surface area contributed by atoms with Gasteiger partial charge in [-0.05, 0) is 34.1 Å². The fraction of sp³-hybridized carbons (Fsp3) is 0.167.